The van der Waals surface area contributed by atoms with Gasteiger partial charge in [-0.25, -0.2) is 0 Å². The first-order valence-electron chi connectivity index (χ1n) is 8.37. The molecule has 0 amide bonds. The van der Waals surface area contributed by atoms with E-state index >= 15 is 0 Å². The van der Waals surface area contributed by atoms with Gasteiger partial charge >= 0.3 is 0 Å². The number of nitrogens with zero attached hydrogens (tertiary/aromatic N) is 3. The molecule has 0 saturated heterocycles. The maximum absolute atomic E-state index is 8.47. The number of nitrogens with one attached hydrogen (secondary N) is 1. The fourth-order valence-electron chi connectivity index (χ4n) is 2.21. The molecule has 4 nitrogen and oxygen atoms in total. The van der Waals surface area contributed by atoms with Gasteiger partial charge in [0.2, 0.25) is 0 Å². The third-order valence-corrected chi connectivity index (χ3v) is 4.15. The van der Waals surface area contributed by atoms with Gasteiger partial charge in [0.1, 0.15) is 0 Å². The second kappa shape index (κ2) is 6.96. The molecule has 132 valence electrons. The Hall–Kier alpha value is -1.84. The summed E-state index contributed by atoms with van der Waals surface area (Å²) < 4.78 is 0. The van der Waals surface area contributed by atoms with Gasteiger partial charge in [-0.3, -0.25) is 15.0 Å². The highest BCUT2D eigenvalue weighted by Crippen LogP contribution is 2.25. The first-order chi connectivity index (χ1) is 10.8. The Morgan fingerprint density at radius 1 is 0.917 bits per heavy atom. The van der Waals surface area contributed by atoms with Crippen LogP contribution in [0.4, 0.5) is 0 Å². The molecule has 1 aromatic heterocycles. The monoisotopic (exact) mass is 328 g/mol. The zero-order valence-corrected chi connectivity index (χ0v) is 16.7. The highest BCUT2D eigenvalue weighted by Gasteiger charge is 2.28. The van der Waals surface area contributed by atoms with Crippen LogP contribution in [-0.4, -0.2) is 28.4 Å². The molecule has 0 unspecified atom stereocenters. The van der Waals surface area contributed by atoms with Gasteiger partial charge in [0.15, 0.2) is 0 Å². The number of rotatable bonds is 4. The molecule has 0 aromatic carbocycles. The van der Waals surface area contributed by atoms with Crippen molar-refractivity contribution in [2.45, 2.75) is 66.2 Å². The summed E-state index contributed by atoms with van der Waals surface area (Å²) in [4.78, 5) is 13.4. The van der Waals surface area contributed by atoms with Gasteiger partial charge in [0.05, 0.1) is 11.4 Å². The standard InChI is InChI=1S/C20H32N4/c1-18(2,3)15(22-9)11-10-14(21)20(7,8)17-13-23-16(12-24-17)19(4,5)6/h10-13,21H,1-9H3/b11-10-,21-14?,22-15+. The predicted molar refractivity (Wildman–Crippen MR) is 103 cm³/mol. The van der Waals surface area contributed by atoms with Crippen LogP contribution in [0.15, 0.2) is 29.5 Å². The molecule has 0 spiro atoms. The molecule has 0 saturated carbocycles. The smallest absolute Gasteiger partial charge is 0.0702 e. The summed E-state index contributed by atoms with van der Waals surface area (Å²) in [5, 5.41) is 8.47. The summed E-state index contributed by atoms with van der Waals surface area (Å²) in [7, 11) is 1.79. The molecule has 24 heavy (non-hydrogen) atoms. The molecule has 0 aliphatic heterocycles. The van der Waals surface area contributed by atoms with E-state index in [-0.39, 0.29) is 10.8 Å². The third kappa shape index (κ3) is 4.83. The van der Waals surface area contributed by atoms with Crippen LogP contribution in [0, 0.1) is 10.8 Å². The Labute approximate surface area is 147 Å². The van der Waals surface area contributed by atoms with E-state index in [0.29, 0.717) is 5.71 Å². The molecule has 0 fully saturated rings. The lowest BCUT2D eigenvalue weighted by atomic mass is 9.82. The number of hydrogen-bond donors (Lipinski definition) is 1. The van der Waals surface area contributed by atoms with E-state index in [9.17, 15) is 0 Å². The number of aromatic nitrogens is 2. The molecule has 1 N–H and O–H groups in total. The summed E-state index contributed by atoms with van der Waals surface area (Å²) in [6.07, 6.45) is 7.37. The lowest BCUT2D eigenvalue weighted by Gasteiger charge is -2.25. The van der Waals surface area contributed by atoms with E-state index in [2.05, 4.69) is 56.5 Å². The van der Waals surface area contributed by atoms with Crippen LogP contribution in [0.3, 0.4) is 0 Å². The lowest BCUT2D eigenvalue weighted by Crippen LogP contribution is -2.29. The quantitative estimate of drug-likeness (QED) is 0.811. The second-order valence-corrected chi connectivity index (χ2v) is 8.77. The number of allylic oxidation sites excluding steroid dienone is 2. The minimum absolute atomic E-state index is 0.0255. The molecule has 0 aliphatic rings. The molecule has 0 aliphatic carbocycles. The maximum atomic E-state index is 8.47. The van der Waals surface area contributed by atoms with Crippen molar-refractivity contribution in [2.24, 2.45) is 10.4 Å². The molecular weight excluding hydrogens is 296 g/mol. The van der Waals surface area contributed by atoms with E-state index in [1.807, 2.05) is 32.2 Å². The van der Waals surface area contributed by atoms with Gasteiger partial charge in [-0.2, -0.15) is 0 Å². The van der Waals surface area contributed by atoms with Crippen molar-refractivity contribution in [3.63, 3.8) is 0 Å². The molecular formula is C20H32N4. The Morgan fingerprint density at radius 3 is 1.79 bits per heavy atom. The summed E-state index contributed by atoms with van der Waals surface area (Å²) in [6, 6.07) is 0. The molecule has 0 atom stereocenters. The Morgan fingerprint density at radius 2 is 1.42 bits per heavy atom. The Kier molecular flexibility index (Phi) is 5.86. The minimum Gasteiger partial charge on any atom is -0.304 e. The average molecular weight is 329 g/mol. The average Bonchev–Trinajstić information content (AvgIpc) is 2.45. The van der Waals surface area contributed by atoms with Gasteiger partial charge < -0.3 is 5.41 Å². The van der Waals surface area contributed by atoms with Crippen LogP contribution in [0.2, 0.25) is 0 Å². The summed E-state index contributed by atoms with van der Waals surface area (Å²) in [6.45, 7) is 16.7. The fourth-order valence-corrected chi connectivity index (χ4v) is 2.21. The van der Waals surface area contributed by atoms with Gasteiger partial charge in [0.25, 0.3) is 0 Å². The van der Waals surface area contributed by atoms with Gasteiger partial charge in [-0.05, 0) is 26.0 Å². The SMILES string of the molecule is C/N=C(\C=C/C(=N)C(C)(C)c1cnc(C(C)(C)C)cn1)C(C)(C)C. The molecule has 4 heteroatoms. The van der Waals surface area contributed by atoms with Crippen LogP contribution in [-0.2, 0) is 10.8 Å². The zero-order chi connectivity index (χ0) is 18.8. The van der Waals surface area contributed by atoms with Gasteiger partial charge in [-0.15, -0.1) is 0 Å². The van der Waals surface area contributed by atoms with E-state index < -0.39 is 5.41 Å². The third-order valence-electron chi connectivity index (χ3n) is 4.15. The van der Waals surface area contributed by atoms with E-state index in [1.54, 1.807) is 13.2 Å². The van der Waals surface area contributed by atoms with Crippen molar-refractivity contribution in [1.82, 2.24) is 9.97 Å². The Bertz CT molecular complexity index is 636. The highest BCUT2D eigenvalue weighted by atomic mass is 14.8. The maximum Gasteiger partial charge on any atom is 0.0702 e. The van der Waals surface area contributed by atoms with Crippen LogP contribution in [0.5, 0.6) is 0 Å². The van der Waals surface area contributed by atoms with Crippen molar-refractivity contribution < 1.29 is 0 Å². The predicted octanol–water partition coefficient (Wildman–Crippen LogP) is 4.74. The highest BCUT2D eigenvalue weighted by molar-refractivity contribution is 6.07. The summed E-state index contributed by atoms with van der Waals surface area (Å²) in [5.74, 6) is 0. The van der Waals surface area contributed by atoms with Crippen molar-refractivity contribution in [3.8, 4) is 0 Å². The van der Waals surface area contributed by atoms with Crippen LogP contribution >= 0.6 is 0 Å². The number of hydrogen-bond acceptors (Lipinski definition) is 4. The van der Waals surface area contributed by atoms with Crippen molar-refractivity contribution in [2.75, 3.05) is 7.05 Å². The number of aliphatic imine (C=N–C) groups is 1. The molecule has 1 heterocycles. The molecule has 1 rings (SSSR count). The normalized spacial score (nSPS) is 14.3. The first-order valence-corrected chi connectivity index (χ1v) is 8.37. The Balaban J connectivity index is 3.05. The van der Waals surface area contributed by atoms with Crippen LogP contribution in [0.25, 0.3) is 0 Å². The second-order valence-electron chi connectivity index (χ2n) is 8.77. The summed E-state index contributed by atoms with van der Waals surface area (Å²) in [5.41, 5.74) is 2.65. The largest absolute Gasteiger partial charge is 0.304 e. The lowest BCUT2D eigenvalue weighted by molar-refractivity contribution is 0.559. The van der Waals surface area contributed by atoms with Crippen molar-refractivity contribution >= 4 is 11.4 Å². The summed E-state index contributed by atoms with van der Waals surface area (Å²) >= 11 is 0. The van der Waals surface area contributed by atoms with Gasteiger partial charge in [0, 0.05) is 47.1 Å². The van der Waals surface area contributed by atoms with E-state index in [1.165, 1.54) is 0 Å². The zero-order valence-electron chi connectivity index (χ0n) is 16.7. The topological polar surface area (TPSA) is 62.0 Å². The minimum atomic E-state index is -0.503. The first kappa shape index (κ1) is 20.2. The van der Waals surface area contributed by atoms with Crippen LogP contribution in [0.1, 0.15) is 66.8 Å². The molecule has 0 radical (unpaired) electrons. The van der Waals surface area contributed by atoms with Gasteiger partial charge in [-0.1, -0.05) is 41.5 Å². The van der Waals surface area contributed by atoms with E-state index in [4.69, 9.17) is 5.41 Å². The molecule has 0 bridgehead atoms. The fraction of sp³-hybridized carbons (Fsp3) is 0.600. The van der Waals surface area contributed by atoms with Crippen molar-refractivity contribution in [1.29, 1.82) is 5.41 Å². The van der Waals surface area contributed by atoms with E-state index in [0.717, 1.165) is 17.1 Å². The molecule has 1 aromatic rings. The van der Waals surface area contributed by atoms with Crippen LogP contribution < -0.4 is 0 Å². The van der Waals surface area contributed by atoms with Crippen molar-refractivity contribution in [3.05, 3.63) is 35.9 Å².